The summed E-state index contributed by atoms with van der Waals surface area (Å²) in [5.74, 6) is 1.51. The first-order valence-corrected chi connectivity index (χ1v) is 19.8. The Morgan fingerprint density at radius 2 is 1.50 bits per heavy atom. The Bertz CT molecular complexity index is 1610. The van der Waals surface area contributed by atoms with Crippen LogP contribution in [0.2, 0.25) is 0 Å². The first kappa shape index (κ1) is 35.4. The highest BCUT2D eigenvalue weighted by Crippen LogP contribution is 2.62. The van der Waals surface area contributed by atoms with E-state index in [1.54, 1.807) is 5.57 Å². The van der Waals surface area contributed by atoms with Crippen molar-refractivity contribution in [3.63, 3.8) is 0 Å². The molecular formula is C36H54O8S2. The van der Waals surface area contributed by atoms with Gasteiger partial charge < -0.3 is 8.37 Å². The van der Waals surface area contributed by atoms with Gasteiger partial charge in [0.1, 0.15) is 11.5 Å². The van der Waals surface area contributed by atoms with Gasteiger partial charge in [0.15, 0.2) is 0 Å². The van der Waals surface area contributed by atoms with E-state index in [9.17, 15) is 25.9 Å². The molecule has 4 aliphatic rings. The Morgan fingerprint density at radius 3 is 2.17 bits per heavy atom. The van der Waals surface area contributed by atoms with Crippen molar-refractivity contribution in [2.45, 2.75) is 119 Å². The normalized spacial score (nSPS) is 36.1. The van der Waals surface area contributed by atoms with Crippen LogP contribution in [0.4, 0.5) is 0 Å². The molecule has 0 radical (unpaired) electrons. The lowest BCUT2D eigenvalue weighted by Crippen LogP contribution is -2.47. The summed E-state index contributed by atoms with van der Waals surface area (Å²) in [4.78, 5) is 0. The molecule has 0 heterocycles. The highest BCUT2D eigenvalue weighted by molar-refractivity contribution is 7.81. The molecule has 1 aromatic carbocycles. The molecule has 2 N–H and O–H groups in total. The second-order valence-electron chi connectivity index (χ2n) is 16.4. The van der Waals surface area contributed by atoms with Gasteiger partial charge in [0, 0.05) is 5.56 Å². The second kappa shape index (κ2) is 12.2. The zero-order chi connectivity index (χ0) is 33.9. The molecule has 1 aromatic rings. The minimum atomic E-state index is -4.83. The van der Waals surface area contributed by atoms with E-state index in [1.807, 2.05) is 0 Å². The molecule has 2 saturated carbocycles. The summed E-state index contributed by atoms with van der Waals surface area (Å²) in [7, 11) is -9.63. The Kier molecular flexibility index (Phi) is 9.41. The Hall–Kier alpha value is -1.88. The quantitative estimate of drug-likeness (QED) is 0.196. The lowest BCUT2D eigenvalue weighted by molar-refractivity contribution is 0.0437. The SMILES string of the molecule is C[C@@H]1CC=C2[C@@H](CCC[C@@]2(C)CC[C@]2(C)C3=CCCC(C)(C)[C@@H]3CC[C@H]2C)[C@@]1(C)Cc1cc(OS(=O)(=O)O)ccc1OS(=O)(=O)O. The average Bonchev–Trinajstić information content (AvgIpc) is 2.92. The third-order valence-corrected chi connectivity index (χ3v) is 14.0. The summed E-state index contributed by atoms with van der Waals surface area (Å²) in [6, 6.07) is 3.82. The molecule has 10 heteroatoms. The summed E-state index contributed by atoms with van der Waals surface area (Å²) >= 11 is 0. The monoisotopic (exact) mass is 678 g/mol. The molecule has 0 aromatic heterocycles. The van der Waals surface area contributed by atoms with Gasteiger partial charge in [-0.25, -0.2) is 0 Å². The van der Waals surface area contributed by atoms with Crippen molar-refractivity contribution in [1.82, 2.24) is 0 Å². The number of rotatable bonds is 9. The molecule has 0 saturated heterocycles. The topological polar surface area (TPSA) is 127 Å². The van der Waals surface area contributed by atoms with E-state index in [1.165, 1.54) is 49.5 Å². The number of hydrogen-bond donors (Lipinski definition) is 2. The molecule has 2 fully saturated rings. The van der Waals surface area contributed by atoms with Gasteiger partial charge in [-0.3, -0.25) is 9.11 Å². The van der Waals surface area contributed by atoms with Crippen LogP contribution in [0.3, 0.4) is 0 Å². The predicted molar refractivity (Wildman–Crippen MR) is 180 cm³/mol. The second-order valence-corrected chi connectivity index (χ2v) is 18.5. The number of benzene rings is 1. The third kappa shape index (κ3) is 6.96. The molecule has 0 bridgehead atoms. The van der Waals surface area contributed by atoms with Gasteiger partial charge in [0.2, 0.25) is 0 Å². The molecule has 0 aliphatic heterocycles. The van der Waals surface area contributed by atoms with Gasteiger partial charge in [0.25, 0.3) is 0 Å². The predicted octanol–water partition coefficient (Wildman–Crippen LogP) is 8.95. The average molecular weight is 679 g/mol. The molecule has 0 unspecified atom stereocenters. The first-order chi connectivity index (χ1) is 21.2. The summed E-state index contributed by atoms with van der Waals surface area (Å²) in [5, 5.41) is 0. The van der Waals surface area contributed by atoms with Crippen molar-refractivity contribution in [3.05, 3.63) is 47.1 Å². The van der Waals surface area contributed by atoms with E-state index < -0.39 is 20.8 Å². The molecule has 4 aliphatic carbocycles. The number of fused-ring (bicyclic) bond motifs is 2. The van der Waals surface area contributed by atoms with Crippen LogP contribution in [-0.2, 0) is 27.2 Å². The molecule has 7 atom stereocenters. The fraction of sp³-hybridized carbons (Fsp3) is 0.722. The van der Waals surface area contributed by atoms with E-state index in [2.05, 4.69) is 60.6 Å². The van der Waals surface area contributed by atoms with Crippen molar-refractivity contribution >= 4 is 20.8 Å². The fourth-order valence-electron chi connectivity index (χ4n) is 9.91. The highest BCUT2D eigenvalue weighted by atomic mass is 32.3. The maximum absolute atomic E-state index is 11.7. The first-order valence-electron chi connectivity index (χ1n) is 17.0. The summed E-state index contributed by atoms with van der Waals surface area (Å²) in [6.07, 6.45) is 16.8. The lowest BCUT2D eigenvalue weighted by Gasteiger charge is -2.56. The van der Waals surface area contributed by atoms with Gasteiger partial charge in [-0.2, -0.15) is 16.8 Å². The van der Waals surface area contributed by atoms with Crippen LogP contribution in [0.25, 0.3) is 0 Å². The maximum Gasteiger partial charge on any atom is 0.446 e. The van der Waals surface area contributed by atoms with Crippen LogP contribution in [0.1, 0.15) is 118 Å². The standard InChI is InChI=1S/C36H54O8S2/c1-24-12-15-28-30(10-8-18-33(28,3)4)35(24,6)21-20-34(5)19-9-11-31-29(34)16-13-25(2)36(31,7)23-26-22-27(43-45(37,38)39)14-17-32(26)44-46(40,41)42/h10,14,16-17,22,24-25,28,31H,8-9,11-13,15,18-21,23H2,1-7H3,(H,37,38,39)(H,40,41,42)/t24-,25-,28-,31-,34+,35+,36+/m1/s1. The largest absolute Gasteiger partial charge is 0.446 e. The van der Waals surface area contributed by atoms with Crippen molar-refractivity contribution in [3.8, 4) is 11.5 Å². The van der Waals surface area contributed by atoms with Gasteiger partial charge in [0.05, 0.1) is 0 Å². The summed E-state index contributed by atoms with van der Waals surface area (Å²) < 4.78 is 74.9. The zero-order valence-corrected chi connectivity index (χ0v) is 30.3. The smallest absolute Gasteiger partial charge is 0.362 e. The minimum Gasteiger partial charge on any atom is -0.362 e. The van der Waals surface area contributed by atoms with E-state index in [0.717, 1.165) is 38.5 Å². The zero-order valence-electron chi connectivity index (χ0n) is 28.6. The van der Waals surface area contributed by atoms with Gasteiger partial charge in [-0.1, -0.05) is 78.2 Å². The molecule has 0 amide bonds. The lowest BCUT2D eigenvalue weighted by atomic mass is 9.48. The van der Waals surface area contributed by atoms with E-state index in [0.29, 0.717) is 29.2 Å². The van der Waals surface area contributed by atoms with Crippen molar-refractivity contribution in [2.75, 3.05) is 0 Å². The summed E-state index contributed by atoms with van der Waals surface area (Å²) in [6.45, 7) is 16.8. The molecule has 258 valence electrons. The van der Waals surface area contributed by atoms with Crippen LogP contribution in [0.15, 0.2) is 41.5 Å². The molecule has 5 rings (SSSR count). The van der Waals surface area contributed by atoms with Crippen molar-refractivity contribution < 1.29 is 34.3 Å². The number of allylic oxidation sites excluding steroid dienone is 4. The molecule has 0 spiro atoms. The van der Waals surface area contributed by atoms with Gasteiger partial charge in [-0.05, 0) is 128 Å². The van der Waals surface area contributed by atoms with Crippen molar-refractivity contribution in [2.24, 2.45) is 45.3 Å². The van der Waals surface area contributed by atoms with E-state index >= 15 is 0 Å². The molecular weight excluding hydrogens is 625 g/mol. The highest BCUT2D eigenvalue weighted by Gasteiger charge is 2.52. The Balaban J connectivity index is 1.45. The van der Waals surface area contributed by atoms with Crippen LogP contribution in [0.5, 0.6) is 11.5 Å². The van der Waals surface area contributed by atoms with E-state index in [4.69, 9.17) is 8.37 Å². The van der Waals surface area contributed by atoms with Crippen LogP contribution < -0.4 is 8.37 Å². The molecule has 8 nitrogen and oxygen atoms in total. The fourth-order valence-corrected chi connectivity index (χ4v) is 10.6. The van der Waals surface area contributed by atoms with Crippen LogP contribution in [-0.4, -0.2) is 25.9 Å². The Morgan fingerprint density at radius 1 is 0.804 bits per heavy atom. The third-order valence-electron chi connectivity index (χ3n) is 13.2. The van der Waals surface area contributed by atoms with Crippen LogP contribution >= 0.6 is 0 Å². The summed E-state index contributed by atoms with van der Waals surface area (Å²) in [5.41, 5.74) is 3.82. The minimum absolute atomic E-state index is 0.0361. The van der Waals surface area contributed by atoms with Gasteiger partial charge in [-0.15, -0.1) is 0 Å². The number of hydrogen-bond acceptors (Lipinski definition) is 6. The van der Waals surface area contributed by atoms with Crippen LogP contribution in [0, 0.1) is 45.3 Å². The van der Waals surface area contributed by atoms with Gasteiger partial charge >= 0.3 is 20.8 Å². The maximum atomic E-state index is 11.7. The van der Waals surface area contributed by atoms with E-state index in [-0.39, 0.29) is 39.6 Å². The Labute approximate surface area is 277 Å². The molecule has 46 heavy (non-hydrogen) atoms. The van der Waals surface area contributed by atoms with Crippen molar-refractivity contribution in [1.29, 1.82) is 0 Å².